The second-order valence-electron chi connectivity index (χ2n) is 3.72. The van der Waals surface area contributed by atoms with Gasteiger partial charge in [-0.15, -0.1) is 0 Å². The van der Waals surface area contributed by atoms with Crippen molar-refractivity contribution in [2.24, 2.45) is 5.92 Å². The van der Waals surface area contributed by atoms with Crippen LogP contribution in [0.1, 0.15) is 20.3 Å². The highest BCUT2D eigenvalue weighted by Gasteiger charge is 2.24. The number of carbonyl (C=O) groups is 1. The summed E-state index contributed by atoms with van der Waals surface area (Å²) < 4.78 is 15.5. The lowest BCUT2D eigenvalue weighted by atomic mass is 10.1. The topological polar surface area (TPSA) is 44.8 Å². The van der Waals surface area contributed by atoms with Gasteiger partial charge in [0, 0.05) is 14.2 Å². The molecule has 0 spiro atoms. The molecule has 0 radical (unpaired) electrons. The molecule has 0 aliphatic carbocycles. The maximum atomic E-state index is 11.3. The first-order valence-corrected chi connectivity index (χ1v) is 7.83. The van der Waals surface area contributed by atoms with E-state index in [1.165, 1.54) is 0 Å². The molecule has 0 fully saturated rings. The predicted octanol–water partition coefficient (Wildman–Crippen LogP) is 2.04. The summed E-state index contributed by atoms with van der Waals surface area (Å²) in [6, 6.07) is 0. The third-order valence-corrected chi connectivity index (χ3v) is 4.87. The molecule has 0 N–H and O–H groups in total. The molecule has 0 heterocycles. The van der Waals surface area contributed by atoms with Gasteiger partial charge in [0.05, 0.1) is 12.5 Å². The Morgan fingerprint density at radius 3 is 2.38 bits per heavy atom. The van der Waals surface area contributed by atoms with E-state index in [4.69, 9.17) is 13.6 Å². The highest BCUT2D eigenvalue weighted by Crippen LogP contribution is 2.10. The summed E-state index contributed by atoms with van der Waals surface area (Å²) in [5, 5.41) is 0. The Bertz CT molecular complexity index is 236. The molecule has 16 heavy (non-hydrogen) atoms. The predicted molar refractivity (Wildman–Crippen MR) is 65.2 cm³/mol. The smallest absolute Gasteiger partial charge is 0.360 e. The molecular formula is C11H22O4Si. The van der Waals surface area contributed by atoms with Crippen LogP contribution in [-0.2, 0) is 18.4 Å². The lowest BCUT2D eigenvalue weighted by Crippen LogP contribution is -2.33. The molecule has 5 heteroatoms. The fourth-order valence-corrected chi connectivity index (χ4v) is 2.09. The number of carbonyl (C=O) groups excluding carboxylic acids is 1. The average Bonchev–Trinajstić information content (AvgIpc) is 2.29. The fourth-order valence-electron chi connectivity index (χ4n) is 1.09. The molecular weight excluding hydrogens is 224 g/mol. The van der Waals surface area contributed by atoms with Crippen LogP contribution in [0.5, 0.6) is 0 Å². The van der Waals surface area contributed by atoms with Crippen molar-refractivity contribution in [1.29, 1.82) is 0 Å². The van der Waals surface area contributed by atoms with E-state index in [0.717, 1.165) is 0 Å². The summed E-state index contributed by atoms with van der Waals surface area (Å²) in [6.45, 7) is 6.02. The van der Waals surface area contributed by atoms with Crippen LogP contribution in [0.3, 0.4) is 0 Å². The maximum Gasteiger partial charge on any atom is 0.360 e. The third-order valence-electron chi connectivity index (χ3n) is 2.41. The largest absolute Gasteiger partial charge is 0.466 e. The van der Waals surface area contributed by atoms with Gasteiger partial charge < -0.3 is 13.6 Å². The number of hydrogen-bond acceptors (Lipinski definition) is 4. The van der Waals surface area contributed by atoms with Crippen molar-refractivity contribution in [1.82, 2.24) is 0 Å². The zero-order chi connectivity index (χ0) is 12.6. The highest BCUT2D eigenvalue weighted by atomic mass is 28.4. The van der Waals surface area contributed by atoms with Crippen molar-refractivity contribution < 1.29 is 18.4 Å². The van der Waals surface area contributed by atoms with Gasteiger partial charge in [-0.25, -0.2) is 0 Å². The van der Waals surface area contributed by atoms with E-state index < -0.39 is 8.56 Å². The summed E-state index contributed by atoms with van der Waals surface area (Å²) in [5.41, 5.74) is 1.93. The Labute approximate surface area is 98.8 Å². The zero-order valence-electron chi connectivity index (χ0n) is 10.8. The monoisotopic (exact) mass is 246 g/mol. The van der Waals surface area contributed by atoms with Crippen LogP contribution >= 0.6 is 0 Å². The Balaban J connectivity index is 4.13. The van der Waals surface area contributed by atoms with E-state index in [1.807, 2.05) is 25.2 Å². The van der Waals surface area contributed by atoms with Gasteiger partial charge in [-0.1, -0.05) is 13.0 Å². The molecule has 1 unspecified atom stereocenters. The molecule has 0 amide bonds. The summed E-state index contributed by atoms with van der Waals surface area (Å²) >= 11 is 0. The SMILES string of the molecule is CCOC(=O)C(C)C/C=C\[Si](C)(OC)OC. The van der Waals surface area contributed by atoms with Gasteiger partial charge in [0.25, 0.3) is 0 Å². The standard InChI is InChI=1S/C11H22O4Si/c1-6-15-11(12)10(2)8-7-9-16(5,13-3)14-4/h7,9-10H,6,8H2,1-5H3/b9-7-. The van der Waals surface area contributed by atoms with E-state index >= 15 is 0 Å². The summed E-state index contributed by atoms with van der Waals surface area (Å²) in [7, 11) is 1.12. The maximum absolute atomic E-state index is 11.3. The zero-order valence-corrected chi connectivity index (χ0v) is 11.8. The van der Waals surface area contributed by atoms with Gasteiger partial charge in [0.15, 0.2) is 0 Å². The van der Waals surface area contributed by atoms with Crippen molar-refractivity contribution in [2.75, 3.05) is 20.8 Å². The van der Waals surface area contributed by atoms with Crippen molar-refractivity contribution >= 4 is 14.5 Å². The Kier molecular flexibility index (Phi) is 7.28. The molecule has 4 nitrogen and oxygen atoms in total. The number of rotatable bonds is 7. The lowest BCUT2D eigenvalue weighted by molar-refractivity contribution is -0.147. The molecule has 1 atom stereocenters. The molecule has 0 aliphatic heterocycles. The van der Waals surface area contributed by atoms with Crippen LogP contribution in [0.15, 0.2) is 11.8 Å². The van der Waals surface area contributed by atoms with Crippen molar-refractivity contribution in [3.63, 3.8) is 0 Å². The van der Waals surface area contributed by atoms with E-state index in [2.05, 4.69) is 0 Å². The molecule has 0 rings (SSSR count). The number of allylic oxidation sites excluding steroid dienone is 1. The second kappa shape index (κ2) is 7.59. The minimum absolute atomic E-state index is 0.122. The second-order valence-corrected chi connectivity index (χ2v) is 6.90. The van der Waals surface area contributed by atoms with Crippen LogP contribution in [0.4, 0.5) is 0 Å². The van der Waals surface area contributed by atoms with Gasteiger partial charge in [0.2, 0.25) is 0 Å². The summed E-state index contributed by atoms with van der Waals surface area (Å²) in [6.07, 6.45) is 2.58. The quantitative estimate of drug-likeness (QED) is 0.509. The van der Waals surface area contributed by atoms with Gasteiger partial charge in [-0.3, -0.25) is 4.79 Å². The first-order valence-electron chi connectivity index (χ1n) is 5.43. The van der Waals surface area contributed by atoms with Gasteiger partial charge in [-0.05, 0) is 25.6 Å². The third kappa shape index (κ3) is 5.44. The van der Waals surface area contributed by atoms with Crippen molar-refractivity contribution in [3.05, 3.63) is 11.8 Å². The van der Waals surface area contributed by atoms with Crippen LogP contribution in [0.2, 0.25) is 6.55 Å². The Hall–Kier alpha value is -0.653. The normalized spacial score (nSPS) is 14.1. The van der Waals surface area contributed by atoms with Crippen LogP contribution in [0.25, 0.3) is 0 Å². The lowest BCUT2D eigenvalue weighted by Gasteiger charge is -2.18. The van der Waals surface area contributed by atoms with Crippen LogP contribution < -0.4 is 0 Å². The Morgan fingerprint density at radius 2 is 1.94 bits per heavy atom. The molecule has 0 bridgehead atoms. The van der Waals surface area contributed by atoms with E-state index in [1.54, 1.807) is 21.1 Å². The molecule has 0 saturated carbocycles. The van der Waals surface area contributed by atoms with Gasteiger partial charge >= 0.3 is 14.5 Å². The molecule has 0 aromatic rings. The average molecular weight is 246 g/mol. The van der Waals surface area contributed by atoms with Crippen LogP contribution in [-0.4, -0.2) is 35.4 Å². The molecule has 0 saturated heterocycles. The van der Waals surface area contributed by atoms with E-state index in [9.17, 15) is 4.79 Å². The van der Waals surface area contributed by atoms with E-state index in [0.29, 0.717) is 13.0 Å². The van der Waals surface area contributed by atoms with E-state index in [-0.39, 0.29) is 11.9 Å². The number of ether oxygens (including phenoxy) is 1. The molecule has 94 valence electrons. The Morgan fingerprint density at radius 1 is 1.38 bits per heavy atom. The minimum Gasteiger partial charge on any atom is -0.466 e. The summed E-state index contributed by atoms with van der Waals surface area (Å²) in [5.74, 6) is -0.284. The number of esters is 1. The molecule has 0 aromatic carbocycles. The van der Waals surface area contributed by atoms with Crippen molar-refractivity contribution in [2.45, 2.75) is 26.8 Å². The van der Waals surface area contributed by atoms with Gasteiger partial charge in [0.1, 0.15) is 0 Å². The van der Waals surface area contributed by atoms with Crippen LogP contribution in [0, 0.1) is 5.92 Å². The number of hydrogen-bond donors (Lipinski definition) is 0. The highest BCUT2D eigenvalue weighted by molar-refractivity contribution is 6.71. The summed E-state index contributed by atoms with van der Waals surface area (Å²) in [4.78, 5) is 11.3. The molecule has 0 aromatic heterocycles. The van der Waals surface area contributed by atoms with Crippen molar-refractivity contribution in [3.8, 4) is 0 Å². The first-order chi connectivity index (χ1) is 7.49. The fraction of sp³-hybridized carbons (Fsp3) is 0.727. The molecule has 0 aliphatic rings. The minimum atomic E-state index is -2.15. The first kappa shape index (κ1) is 15.3. The van der Waals surface area contributed by atoms with Gasteiger partial charge in [-0.2, -0.15) is 0 Å².